The molecule has 4 nitrogen and oxygen atoms in total. The van der Waals surface area contributed by atoms with Crippen molar-refractivity contribution in [1.82, 2.24) is 9.88 Å². The van der Waals surface area contributed by atoms with Crippen LogP contribution in [0.2, 0.25) is 0 Å². The normalized spacial score (nSPS) is 19.3. The minimum absolute atomic E-state index is 0.599. The summed E-state index contributed by atoms with van der Waals surface area (Å²) in [5.41, 5.74) is 4.42. The highest BCUT2D eigenvalue weighted by molar-refractivity contribution is 5.33. The van der Waals surface area contributed by atoms with Gasteiger partial charge in [0, 0.05) is 12.7 Å². The zero-order valence-electron chi connectivity index (χ0n) is 12.2. The SMILES string of the molecule is CCC1(CC)CCN(Cc2ccc(NN)nc2)CC1. The van der Waals surface area contributed by atoms with Crippen molar-refractivity contribution in [2.24, 2.45) is 11.3 Å². The average Bonchev–Trinajstić information content (AvgIpc) is 2.49. The molecule has 2 rings (SSSR count). The number of aromatic nitrogens is 1. The highest BCUT2D eigenvalue weighted by Gasteiger charge is 2.30. The molecular weight excluding hydrogens is 236 g/mol. The fourth-order valence-corrected chi connectivity index (χ4v) is 3.00. The maximum Gasteiger partial charge on any atom is 0.139 e. The molecule has 0 radical (unpaired) electrons. The topological polar surface area (TPSA) is 54.2 Å². The number of hydrazine groups is 1. The van der Waals surface area contributed by atoms with Gasteiger partial charge in [-0.05, 0) is 43.0 Å². The van der Waals surface area contributed by atoms with Crippen LogP contribution in [-0.4, -0.2) is 23.0 Å². The minimum atomic E-state index is 0.599. The van der Waals surface area contributed by atoms with Crippen LogP contribution in [0.3, 0.4) is 0 Å². The highest BCUT2D eigenvalue weighted by atomic mass is 15.2. The first-order valence-corrected chi connectivity index (χ1v) is 7.35. The van der Waals surface area contributed by atoms with E-state index in [2.05, 4.69) is 35.2 Å². The third-order valence-corrected chi connectivity index (χ3v) is 4.80. The molecule has 0 atom stereocenters. The number of anilines is 1. The second-order valence-electron chi connectivity index (χ2n) is 5.68. The largest absolute Gasteiger partial charge is 0.308 e. The van der Waals surface area contributed by atoms with Crippen molar-refractivity contribution < 1.29 is 0 Å². The molecule has 1 fully saturated rings. The maximum absolute atomic E-state index is 5.32. The summed E-state index contributed by atoms with van der Waals surface area (Å²) < 4.78 is 0. The molecule has 3 N–H and O–H groups in total. The Morgan fingerprint density at radius 1 is 1.26 bits per heavy atom. The Kier molecular flexibility index (Phi) is 4.77. The van der Waals surface area contributed by atoms with Crippen LogP contribution in [0.15, 0.2) is 18.3 Å². The summed E-state index contributed by atoms with van der Waals surface area (Å²) in [7, 11) is 0. The predicted molar refractivity (Wildman–Crippen MR) is 79.6 cm³/mol. The van der Waals surface area contributed by atoms with Crippen LogP contribution in [0, 0.1) is 5.41 Å². The molecule has 1 saturated heterocycles. The van der Waals surface area contributed by atoms with E-state index in [-0.39, 0.29) is 0 Å². The van der Waals surface area contributed by atoms with Gasteiger partial charge >= 0.3 is 0 Å². The van der Waals surface area contributed by atoms with Gasteiger partial charge in [0.2, 0.25) is 0 Å². The van der Waals surface area contributed by atoms with E-state index in [1.807, 2.05) is 12.3 Å². The fraction of sp³-hybridized carbons (Fsp3) is 0.667. The molecule has 0 bridgehead atoms. The Balaban J connectivity index is 1.88. The van der Waals surface area contributed by atoms with Crippen LogP contribution in [0.5, 0.6) is 0 Å². The van der Waals surface area contributed by atoms with E-state index in [1.54, 1.807) is 0 Å². The maximum atomic E-state index is 5.32. The van der Waals surface area contributed by atoms with E-state index in [1.165, 1.54) is 44.3 Å². The van der Waals surface area contributed by atoms with Crippen LogP contribution in [0.1, 0.15) is 45.1 Å². The molecular formula is C15H26N4. The van der Waals surface area contributed by atoms with Crippen molar-refractivity contribution in [1.29, 1.82) is 0 Å². The number of hydrogen-bond acceptors (Lipinski definition) is 4. The molecule has 0 unspecified atom stereocenters. The lowest BCUT2D eigenvalue weighted by atomic mass is 9.74. The summed E-state index contributed by atoms with van der Waals surface area (Å²) in [6.07, 6.45) is 7.20. The van der Waals surface area contributed by atoms with Gasteiger partial charge in [0.15, 0.2) is 0 Å². The molecule has 2 heterocycles. The monoisotopic (exact) mass is 262 g/mol. The van der Waals surface area contributed by atoms with Gasteiger partial charge in [-0.25, -0.2) is 10.8 Å². The molecule has 4 heteroatoms. The van der Waals surface area contributed by atoms with E-state index in [9.17, 15) is 0 Å². The third kappa shape index (κ3) is 3.45. The Labute approximate surface area is 116 Å². The molecule has 0 spiro atoms. The Morgan fingerprint density at radius 2 is 1.95 bits per heavy atom. The van der Waals surface area contributed by atoms with Crippen molar-refractivity contribution >= 4 is 5.82 Å². The zero-order chi connectivity index (χ0) is 13.7. The van der Waals surface area contributed by atoms with E-state index in [0.717, 1.165) is 12.4 Å². The zero-order valence-corrected chi connectivity index (χ0v) is 12.2. The van der Waals surface area contributed by atoms with Crippen molar-refractivity contribution in [2.75, 3.05) is 18.5 Å². The molecule has 1 aliphatic rings. The van der Waals surface area contributed by atoms with Gasteiger partial charge in [0.1, 0.15) is 5.82 Å². The lowest BCUT2D eigenvalue weighted by molar-refractivity contribution is 0.0908. The van der Waals surface area contributed by atoms with Crippen LogP contribution >= 0.6 is 0 Å². The number of nitrogens with two attached hydrogens (primary N) is 1. The molecule has 0 aliphatic carbocycles. The Bertz CT molecular complexity index is 374. The molecule has 0 amide bonds. The van der Waals surface area contributed by atoms with E-state index in [4.69, 9.17) is 5.84 Å². The summed E-state index contributed by atoms with van der Waals surface area (Å²) in [4.78, 5) is 6.80. The fourth-order valence-electron chi connectivity index (χ4n) is 3.00. The first-order valence-electron chi connectivity index (χ1n) is 7.35. The van der Waals surface area contributed by atoms with Gasteiger partial charge in [-0.3, -0.25) is 4.90 Å². The van der Waals surface area contributed by atoms with Gasteiger partial charge in [-0.1, -0.05) is 32.8 Å². The first kappa shape index (κ1) is 14.3. The Morgan fingerprint density at radius 3 is 2.42 bits per heavy atom. The number of pyridine rings is 1. The minimum Gasteiger partial charge on any atom is -0.308 e. The lowest BCUT2D eigenvalue weighted by Crippen LogP contribution is -2.39. The number of likely N-dealkylation sites (tertiary alicyclic amines) is 1. The predicted octanol–water partition coefficient (Wildman–Crippen LogP) is 2.77. The number of rotatable bonds is 5. The average molecular weight is 262 g/mol. The molecule has 1 aromatic rings. The molecule has 0 aromatic carbocycles. The Hall–Kier alpha value is -1.13. The van der Waals surface area contributed by atoms with E-state index in [0.29, 0.717) is 5.41 Å². The second kappa shape index (κ2) is 6.35. The number of piperidine rings is 1. The lowest BCUT2D eigenvalue weighted by Gasteiger charge is -2.41. The van der Waals surface area contributed by atoms with Crippen LogP contribution in [-0.2, 0) is 6.54 Å². The number of nitrogen functional groups attached to an aromatic ring is 1. The van der Waals surface area contributed by atoms with Gasteiger partial charge < -0.3 is 5.43 Å². The summed E-state index contributed by atoms with van der Waals surface area (Å²) in [5.74, 6) is 6.04. The van der Waals surface area contributed by atoms with Gasteiger partial charge in [-0.2, -0.15) is 0 Å². The van der Waals surface area contributed by atoms with Crippen molar-refractivity contribution in [3.63, 3.8) is 0 Å². The molecule has 0 saturated carbocycles. The third-order valence-electron chi connectivity index (χ3n) is 4.80. The first-order chi connectivity index (χ1) is 9.21. The molecule has 1 aromatic heterocycles. The molecule has 19 heavy (non-hydrogen) atoms. The summed E-state index contributed by atoms with van der Waals surface area (Å²) in [6.45, 7) is 8.09. The van der Waals surface area contributed by atoms with E-state index < -0.39 is 0 Å². The molecule has 1 aliphatic heterocycles. The van der Waals surface area contributed by atoms with Crippen LogP contribution in [0.4, 0.5) is 5.82 Å². The van der Waals surface area contributed by atoms with Gasteiger partial charge in [0.25, 0.3) is 0 Å². The van der Waals surface area contributed by atoms with Crippen molar-refractivity contribution in [3.8, 4) is 0 Å². The van der Waals surface area contributed by atoms with Crippen molar-refractivity contribution in [2.45, 2.75) is 46.1 Å². The summed E-state index contributed by atoms with van der Waals surface area (Å²) in [6, 6.07) is 4.03. The standard InChI is InChI=1S/C15H26N4/c1-3-15(4-2)7-9-19(10-8-15)12-13-5-6-14(18-16)17-11-13/h5-6,11H,3-4,7-10,12,16H2,1-2H3,(H,17,18). The second-order valence-corrected chi connectivity index (χ2v) is 5.68. The number of hydrogen-bond donors (Lipinski definition) is 2. The van der Waals surface area contributed by atoms with Crippen molar-refractivity contribution in [3.05, 3.63) is 23.9 Å². The quantitative estimate of drug-likeness (QED) is 0.633. The summed E-state index contributed by atoms with van der Waals surface area (Å²) in [5, 5.41) is 0. The molecule has 106 valence electrons. The van der Waals surface area contributed by atoms with Crippen LogP contribution < -0.4 is 11.3 Å². The van der Waals surface area contributed by atoms with Gasteiger partial charge in [-0.15, -0.1) is 0 Å². The highest BCUT2D eigenvalue weighted by Crippen LogP contribution is 2.38. The number of nitrogens with one attached hydrogen (secondary N) is 1. The van der Waals surface area contributed by atoms with E-state index >= 15 is 0 Å². The number of nitrogens with zero attached hydrogens (tertiary/aromatic N) is 2. The smallest absolute Gasteiger partial charge is 0.139 e. The van der Waals surface area contributed by atoms with Gasteiger partial charge in [0.05, 0.1) is 0 Å². The van der Waals surface area contributed by atoms with Crippen LogP contribution in [0.25, 0.3) is 0 Å². The summed E-state index contributed by atoms with van der Waals surface area (Å²) >= 11 is 0.